The first-order chi connectivity index (χ1) is 14.6. The van der Waals surface area contributed by atoms with Gasteiger partial charge >= 0.3 is 0 Å². The van der Waals surface area contributed by atoms with Gasteiger partial charge in [0.1, 0.15) is 5.78 Å². The number of hydrogen-bond acceptors (Lipinski definition) is 10. The van der Waals surface area contributed by atoms with Crippen LogP contribution in [-0.2, 0) is 11.2 Å². The fourth-order valence-electron chi connectivity index (χ4n) is 2.74. The minimum Gasteiger partial charge on any atom is -0.395 e. The summed E-state index contributed by atoms with van der Waals surface area (Å²) in [6.07, 6.45) is 4.35. The van der Waals surface area contributed by atoms with E-state index >= 15 is 0 Å². The molecule has 1 aliphatic carbocycles. The van der Waals surface area contributed by atoms with Crippen LogP contribution < -0.4 is 10.6 Å². The molecule has 8 nitrogen and oxygen atoms in total. The fraction of sp³-hybridized carbons (Fsp3) is 0.350. The maximum atomic E-state index is 12.0. The van der Waals surface area contributed by atoms with Gasteiger partial charge in [-0.15, -0.1) is 11.3 Å². The van der Waals surface area contributed by atoms with E-state index in [1.54, 1.807) is 6.20 Å². The molecular formula is C20H22N6O2S2. The maximum absolute atomic E-state index is 12.0. The molecule has 0 saturated heterocycles. The van der Waals surface area contributed by atoms with Gasteiger partial charge in [-0.2, -0.15) is 15.0 Å². The van der Waals surface area contributed by atoms with E-state index in [9.17, 15) is 4.79 Å². The molecular weight excluding hydrogens is 420 g/mol. The van der Waals surface area contributed by atoms with Gasteiger partial charge in [0, 0.05) is 34.9 Å². The predicted molar refractivity (Wildman–Crippen MR) is 118 cm³/mol. The van der Waals surface area contributed by atoms with Gasteiger partial charge in [-0.1, -0.05) is 12.1 Å². The fourth-order valence-corrected chi connectivity index (χ4v) is 4.15. The summed E-state index contributed by atoms with van der Waals surface area (Å²) in [5.74, 6) is 1.38. The molecule has 0 bridgehead atoms. The zero-order chi connectivity index (χ0) is 20.9. The Kier molecular flexibility index (Phi) is 6.56. The highest BCUT2D eigenvalue weighted by molar-refractivity contribution is 7.99. The molecule has 0 radical (unpaired) electrons. The van der Waals surface area contributed by atoms with Gasteiger partial charge in [-0.05, 0) is 49.2 Å². The molecule has 3 N–H and O–H groups in total. The van der Waals surface area contributed by atoms with Crippen molar-refractivity contribution in [2.75, 3.05) is 23.8 Å². The van der Waals surface area contributed by atoms with Crippen LogP contribution in [0.2, 0.25) is 0 Å². The lowest BCUT2D eigenvalue weighted by molar-refractivity contribution is -0.119. The number of anilines is 3. The molecule has 0 unspecified atom stereocenters. The van der Waals surface area contributed by atoms with E-state index in [-0.39, 0.29) is 12.5 Å². The van der Waals surface area contributed by atoms with Crippen LogP contribution in [0, 0.1) is 12.8 Å². The van der Waals surface area contributed by atoms with Gasteiger partial charge < -0.3 is 10.4 Å². The van der Waals surface area contributed by atoms with Crippen LogP contribution in [0.5, 0.6) is 0 Å². The third-order valence-electron chi connectivity index (χ3n) is 4.39. The Morgan fingerprint density at radius 2 is 1.97 bits per heavy atom. The average molecular weight is 443 g/mol. The summed E-state index contributed by atoms with van der Waals surface area (Å²) in [6, 6.07) is 7.91. The number of Topliss-reactive ketones (excluding diaryl/α,β-unsaturated/α-hetero) is 1. The van der Waals surface area contributed by atoms with Gasteiger partial charge in [-0.3, -0.25) is 10.1 Å². The molecule has 0 aliphatic heterocycles. The van der Waals surface area contributed by atoms with Crippen molar-refractivity contribution in [2.45, 2.75) is 36.2 Å². The predicted octanol–water partition coefficient (Wildman–Crippen LogP) is 3.46. The van der Waals surface area contributed by atoms with Gasteiger partial charge in [-0.25, -0.2) is 4.98 Å². The SMILES string of the molecule is Cc1cnc(Nc2nc(NCCO)nc(Sc3ccc(CC(=O)C4CC4)cc3)n2)s1. The number of carbonyl (C=O) groups excluding carboxylic acids is 1. The molecule has 2 heterocycles. The van der Waals surface area contributed by atoms with E-state index < -0.39 is 0 Å². The van der Waals surface area contributed by atoms with E-state index in [1.165, 1.54) is 23.1 Å². The number of nitrogens with zero attached hydrogens (tertiary/aromatic N) is 4. The standard InChI is InChI=1S/C20H22N6O2S2/c1-12-11-22-19(29-12)25-18-23-17(21-8-9-27)24-20(26-18)30-15-6-2-13(3-7-15)10-16(28)14-4-5-14/h2-3,6-7,11,14,27H,4-5,8-10H2,1H3,(H2,21,22,23,24,25,26). The number of ketones is 1. The summed E-state index contributed by atoms with van der Waals surface area (Å²) in [6.45, 7) is 2.30. The number of thiazole rings is 1. The minimum atomic E-state index is -0.0242. The Hall–Kier alpha value is -2.56. The van der Waals surface area contributed by atoms with Crippen LogP contribution in [0.1, 0.15) is 23.3 Å². The molecule has 0 amide bonds. The largest absolute Gasteiger partial charge is 0.395 e. The third kappa shape index (κ3) is 5.74. The molecule has 156 valence electrons. The first-order valence-electron chi connectivity index (χ1n) is 9.69. The lowest BCUT2D eigenvalue weighted by Gasteiger charge is -2.08. The number of aliphatic hydroxyl groups excluding tert-OH is 1. The normalized spacial score (nSPS) is 13.3. The number of aryl methyl sites for hydroxylation is 1. The van der Waals surface area contributed by atoms with Crippen molar-refractivity contribution < 1.29 is 9.90 Å². The number of hydrogen-bond donors (Lipinski definition) is 3. The van der Waals surface area contributed by atoms with E-state index in [0.717, 1.165) is 28.2 Å². The van der Waals surface area contributed by atoms with E-state index in [4.69, 9.17) is 5.11 Å². The number of carbonyl (C=O) groups is 1. The highest BCUT2D eigenvalue weighted by Gasteiger charge is 2.29. The molecule has 1 aromatic carbocycles. The third-order valence-corrected chi connectivity index (χ3v) is 6.09. The molecule has 2 aromatic heterocycles. The summed E-state index contributed by atoms with van der Waals surface area (Å²) in [7, 11) is 0. The Morgan fingerprint density at radius 3 is 2.63 bits per heavy atom. The Labute approximate surface area is 182 Å². The highest BCUT2D eigenvalue weighted by atomic mass is 32.2. The minimum absolute atomic E-state index is 0.0242. The highest BCUT2D eigenvalue weighted by Crippen LogP contribution is 2.32. The van der Waals surface area contributed by atoms with E-state index in [1.807, 2.05) is 31.2 Å². The Balaban J connectivity index is 1.48. The zero-order valence-corrected chi connectivity index (χ0v) is 18.1. The molecule has 1 fully saturated rings. The summed E-state index contributed by atoms with van der Waals surface area (Å²) in [4.78, 5) is 31.6. The van der Waals surface area contributed by atoms with Crippen LogP contribution >= 0.6 is 23.1 Å². The number of benzene rings is 1. The molecule has 1 aliphatic rings. The van der Waals surface area contributed by atoms with Crippen molar-refractivity contribution in [3.8, 4) is 0 Å². The first kappa shape index (κ1) is 20.7. The lowest BCUT2D eigenvalue weighted by Crippen LogP contribution is -2.11. The molecule has 30 heavy (non-hydrogen) atoms. The number of aliphatic hydroxyl groups is 1. The summed E-state index contributed by atoms with van der Waals surface area (Å²) in [5.41, 5.74) is 1.03. The zero-order valence-electron chi connectivity index (χ0n) is 16.5. The van der Waals surface area contributed by atoms with Gasteiger partial charge in [0.2, 0.25) is 11.9 Å². The second-order valence-corrected chi connectivity index (χ2v) is 9.26. The second-order valence-electron chi connectivity index (χ2n) is 6.98. The van der Waals surface area contributed by atoms with Crippen LogP contribution in [0.25, 0.3) is 0 Å². The van der Waals surface area contributed by atoms with Crippen LogP contribution in [0.15, 0.2) is 40.5 Å². The van der Waals surface area contributed by atoms with Crippen LogP contribution in [0.4, 0.5) is 17.0 Å². The Morgan fingerprint density at radius 1 is 1.20 bits per heavy atom. The molecule has 0 spiro atoms. The number of aromatic nitrogens is 4. The maximum Gasteiger partial charge on any atom is 0.234 e. The second kappa shape index (κ2) is 9.50. The smallest absolute Gasteiger partial charge is 0.234 e. The van der Waals surface area contributed by atoms with Crippen molar-refractivity contribution in [1.29, 1.82) is 0 Å². The number of rotatable bonds is 10. The van der Waals surface area contributed by atoms with Gasteiger partial charge in [0.05, 0.1) is 6.61 Å². The summed E-state index contributed by atoms with van der Waals surface area (Å²) in [5, 5.41) is 16.4. The topological polar surface area (TPSA) is 113 Å². The van der Waals surface area contributed by atoms with E-state index in [0.29, 0.717) is 40.9 Å². The molecule has 0 atom stereocenters. The van der Waals surface area contributed by atoms with Crippen molar-refractivity contribution in [2.24, 2.45) is 5.92 Å². The van der Waals surface area contributed by atoms with Gasteiger partial charge in [0.25, 0.3) is 0 Å². The monoisotopic (exact) mass is 442 g/mol. The quantitative estimate of drug-likeness (QED) is 0.434. The van der Waals surface area contributed by atoms with Crippen LogP contribution in [-0.4, -0.2) is 44.0 Å². The van der Waals surface area contributed by atoms with Gasteiger partial charge in [0.15, 0.2) is 10.3 Å². The molecule has 1 saturated carbocycles. The average Bonchev–Trinajstić information content (AvgIpc) is 3.51. The van der Waals surface area contributed by atoms with Crippen molar-refractivity contribution >= 4 is 45.9 Å². The molecule has 3 aromatic rings. The molecule has 4 rings (SSSR count). The number of nitrogens with one attached hydrogen (secondary N) is 2. The first-order valence-corrected chi connectivity index (χ1v) is 11.3. The lowest BCUT2D eigenvalue weighted by atomic mass is 10.1. The Bertz CT molecular complexity index is 1020. The summed E-state index contributed by atoms with van der Waals surface area (Å²) < 4.78 is 0. The van der Waals surface area contributed by atoms with Crippen molar-refractivity contribution in [1.82, 2.24) is 19.9 Å². The van der Waals surface area contributed by atoms with Crippen LogP contribution in [0.3, 0.4) is 0 Å². The molecule has 10 heteroatoms. The van der Waals surface area contributed by atoms with Crippen molar-refractivity contribution in [3.05, 3.63) is 40.9 Å². The van der Waals surface area contributed by atoms with Crippen molar-refractivity contribution in [3.63, 3.8) is 0 Å². The van der Waals surface area contributed by atoms with E-state index in [2.05, 4.69) is 30.6 Å². The summed E-state index contributed by atoms with van der Waals surface area (Å²) >= 11 is 2.92.